The molecule has 1 aromatic rings. The van der Waals surface area contributed by atoms with Gasteiger partial charge in [0.15, 0.2) is 0 Å². The van der Waals surface area contributed by atoms with Crippen LogP contribution in [0.2, 0.25) is 0 Å². The molecule has 1 saturated heterocycles. The van der Waals surface area contributed by atoms with E-state index in [1.807, 2.05) is 29.2 Å². The molecular weight excluding hydrogens is 296 g/mol. The molecule has 0 spiro atoms. The van der Waals surface area contributed by atoms with Crippen molar-refractivity contribution in [3.63, 3.8) is 0 Å². The summed E-state index contributed by atoms with van der Waals surface area (Å²) >= 11 is 0. The van der Waals surface area contributed by atoms with E-state index in [9.17, 15) is 9.59 Å². The van der Waals surface area contributed by atoms with Crippen LogP contribution >= 0.6 is 0 Å². The summed E-state index contributed by atoms with van der Waals surface area (Å²) in [6.45, 7) is 0. The Bertz CT molecular complexity index is 702. The van der Waals surface area contributed by atoms with Gasteiger partial charge in [-0.3, -0.25) is 10.1 Å². The molecule has 3 aliphatic heterocycles. The first-order valence-electron chi connectivity index (χ1n) is 7.64. The highest BCUT2D eigenvalue weighted by Gasteiger charge is 2.56. The lowest BCUT2D eigenvalue weighted by Crippen LogP contribution is -2.69. The molecule has 0 amide bonds. The van der Waals surface area contributed by atoms with Gasteiger partial charge in [0, 0.05) is 17.6 Å². The van der Waals surface area contributed by atoms with E-state index in [0.717, 1.165) is 11.3 Å². The van der Waals surface area contributed by atoms with Gasteiger partial charge < -0.3 is 14.4 Å². The third-order valence-electron chi connectivity index (χ3n) is 5.05. The maximum absolute atomic E-state index is 12.5. The highest BCUT2D eigenvalue weighted by atomic mass is 16.5. The number of hydrogen-bond acceptors (Lipinski definition) is 6. The van der Waals surface area contributed by atoms with Gasteiger partial charge in [-0.1, -0.05) is 30.4 Å². The van der Waals surface area contributed by atoms with E-state index in [1.165, 1.54) is 14.2 Å². The Hall–Kier alpha value is -2.34. The summed E-state index contributed by atoms with van der Waals surface area (Å²) in [5.41, 5.74) is 2.11. The quantitative estimate of drug-likeness (QED) is 0.643. The number of para-hydroxylation sites is 1. The summed E-state index contributed by atoms with van der Waals surface area (Å²) < 4.78 is 9.96. The molecule has 6 nitrogen and oxygen atoms in total. The number of esters is 2. The first kappa shape index (κ1) is 14.3. The number of benzene rings is 1. The molecule has 0 unspecified atom stereocenters. The molecule has 6 heteroatoms. The normalized spacial score (nSPS) is 33.1. The van der Waals surface area contributed by atoms with Crippen LogP contribution in [0.25, 0.3) is 0 Å². The fourth-order valence-corrected chi connectivity index (χ4v) is 4.09. The number of hydrogen-bond donors (Lipinski definition) is 1. The average Bonchev–Trinajstić information content (AvgIpc) is 2.95. The Kier molecular flexibility index (Phi) is 3.16. The van der Waals surface area contributed by atoms with Crippen LogP contribution in [0.4, 0.5) is 5.69 Å². The highest BCUT2D eigenvalue weighted by molar-refractivity contribution is 5.90. The van der Waals surface area contributed by atoms with E-state index in [-0.39, 0.29) is 18.1 Å². The third-order valence-corrected chi connectivity index (χ3v) is 5.05. The van der Waals surface area contributed by atoms with Gasteiger partial charge in [-0.15, -0.1) is 0 Å². The summed E-state index contributed by atoms with van der Waals surface area (Å²) in [5.74, 6) is -1.31. The molecule has 0 radical (unpaired) electrons. The van der Waals surface area contributed by atoms with Crippen LogP contribution in [0, 0.1) is 5.92 Å². The number of nitrogens with one attached hydrogen (secondary N) is 1. The second kappa shape index (κ2) is 5.09. The van der Waals surface area contributed by atoms with E-state index in [0.29, 0.717) is 0 Å². The van der Waals surface area contributed by atoms with Crippen LogP contribution in [0.1, 0.15) is 11.5 Å². The standard InChI is InChI=1S/C17H18N2O4/c1-22-16(20)13-11-8-7-10-9-5-3-4-6-12(9)19(15(10)18-11)14(13)17(21)23-2/h3-8,10-11,13-15,18H,1-2H3/t10-,11+,13-,14+,15+/m0/s1. The van der Waals surface area contributed by atoms with Crippen molar-refractivity contribution < 1.29 is 19.1 Å². The minimum absolute atomic E-state index is 0.0487. The Morgan fingerprint density at radius 1 is 1.09 bits per heavy atom. The van der Waals surface area contributed by atoms with Crippen LogP contribution < -0.4 is 10.2 Å². The van der Waals surface area contributed by atoms with Crippen LogP contribution in [-0.2, 0) is 19.1 Å². The van der Waals surface area contributed by atoms with Gasteiger partial charge in [0.1, 0.15) is 12.0 Å². The predicted octanol–water partition coefficient (Wildman–Crippen LogP) is 0.789. The summed E-state index contributed by atoms with van der Waals surface area (Å²) in [6.07, 6.45) is 4.04. The van der Waals surface area contributed by atoms with Crippen molar-refractivity contribution in [2.45, 2.75) is 24.2 Å². The Morgan fingerprint density at radius 2 is 1.83 bits per heavy atom. The fraction of sp³-hybridized carbons (Fsp3) is 0.412. The van der Waals surface area contributed by atoms with Crippen LogP contribution in [0.3, 0.4) is 0 Å². The maximum atomic E-state index is 12.5. The zero-order valence-corrected chi connectivity index (χ0v) is 12.9. The van der Waals surface area contributed by atoms with Crippen LogP contribution in [0.15, 0.2) is 36.4 Å². The lowest BCUT2D eigenvalue weighted by Gasteiger charge is -2.48. The molecule has 5 atom stereocenters. The molecule has 4 rings (SSSR count). The van der Waals surface area contributed by atoms with Gasteiger partial charge in [-0.05, 0) is 11.6 Å². The van der Waals surface area contributed by atoms with Crippen LogP contribution in [0.5, 0.6) is 0 Å². The van der Waals surface area contributed by atoms with E-state index in [1.54, 1.807) is 0 Å². The molecule has 0 saturated carbocycles. The van der Waals surface area contributed by atoms with Gasteiger partial charge in [-0.25, -0.2) is 4.79 Å². The number of fused-ring (bicyclic) bond motifs is 4. The van der Waals surface area contributed by atoms with Crippen molar-refractivity contribution in [3.8, 4) is 0 Å². The van der Waals surface area contributed by atoms with E-state index >= 15 is 0 Å². The number of rotatable bonds is 2. The Morgan fingerprint density at radius 3 is 2.57 bits per heavy atom. The molecular formula is C17H18N2O4. The van der Waals surface area contributed by atoms with Crippen molar-refractivity contribution >= 4 is 17.6 Å². The van der Waals surface area contributed by atoms with E-state index in [4.69, 9.17) is 9.47 Å². The highest BCUT2D eigenvalue weighted by Crippen LogP contribution is 2.48. The molecule has 3 heterocycles. The number of nitrogens with zero attached hydrogens (tertiary/aromatic N) is 1. The molecule has 2 bridgehead atoms. The average molecular weight is 314 g/mol. The van der Waals surface area contributed by atoms with Crippen molar-refractivity contribution in [1.29, 1.82) is 0 Å². The summed E-state index contributed by atoms with van der Waals surface area (Å²) in [7, 11) is 2.69. The van der Waals surface area contributed by atoms with Crippen molar-refractivity contribution in [2.75, 3.05) is 19.1 Å². The van der Waals surface area contributed by atoms with Gasteiger partial charge in [0.2, 0.25) is 0 Å². The lowest BCUT2D eigenvalue weighted by atomic mass is 9.82. The van der Waals surface area contributed by atoms with Crippen molar-refractivity contribution in [1.82, 2.24) is 5.32 Å². The molecule has 3 aliphatic rings. The minimum atomic E-state index is -0.695. The minimum Gasteiger partial charge on any atom is -0.469 e. The van der Waals surface area contributed by atoms with Gasteiger partial charge in [0.05, 0.1) is 20.4 Å². The van der Waals surface area contributed by atoms with E-state index < -0.39 is 23.9 Å². The zero-order valence-electron chi connectivity index (χ0n) is 12.9. The number of anilines is 1. The molecule has 120 valence electrons. The molecule has 1 fully saturated rings. The molecule has 0 aliphatic carbocycles. The first-order valence-corrected chi connectivity index (χ1v) is 7.64. The smallest absolute Gasteiger partial charge is 0.329 e. The molecule has 0 aromatic heterocycles. The summed E-state index contributed by atoms with van der Waals surface area (Å²) in [6, 6.07) is 7.04. The number of ether oxygens (including phenoxy) is 2. The van der Waals surface area contributed by atoms with Gasteiger partial charge >= 0.3 is 11.9 Å². The second-order valence-corrected chi connectivity index (χ2v) is 6.03. The Labute approximate surface area is 134 Å². The summed E-state index contributed by atoms with van der Waals surface area (Å²) in [5, 5.41) is 3.47. The van der Waals surface area contributed by atoms with E-state index in [2.05, 4.69) is 17.5 Å². The van der Waals surface area contributed by atoms with Crippen LogP contribution in [-0.4, -0.2) is 44.4 Å². The fourth-order valence-electron chi connectivity index (χ4n) is 4.09. The molecule has 1 aromatic carbocycles. The first-order chi connectivity index (χ1) is 11.2. The Balaban J connectivity index is 1.89. The summed E-state index contributed by atoms with van der Waals surface area (Å²) in [4.78, 5) is 26.8. The predicted molar refractivity (Wildman–Crippen MR) is 82.8 cm³/mol. The van der Waals surface area contributed by atoms with Gasteiger partial charge in [0.25, 0.3) is 0 Å². The maximum Gasteiger partial charge on any atom is 0.329 e. The monoisotopic (exact) mass is 314 g/mol. The third kappa shape index (κ3) is 1.84. The lowest BCUT2D eigenvalue weighted by molar-refractivity contribution is -0.156. The second-order valence-electron chi connectivity index (χ2n) is 6.03. The van der Waals surface area contributed by atoms with Crippen molar-refractivity contribution in [2.24, 2.45) is 5.92 Å². The molecule has 23 heavy (non-hydrogen) atoms. The van der Waals surface area contributed by atoms with Crippen molar-refractivity contribution in [3.05, 3.63) is 42.0 Å². The number of methoxy groups -OCH3 is 2. The van der Waals surface area contributed by atoms with Gasteiger partial charge in [-0.2, -0.15) is 0 Å². The zero-order chi connectivity index (χ0) is 16.1. The number of carbonyl (C=O) groups is 2. The SMILES string of the molecule is COC(=O)[C@H]1[C@H]2C=C[C@H]3c4ccccc4N([C@H]3N2)[C@H]1C(=O)OC. The largest absolute Gasteiger partial charge is 0.469 e. The topological polar surface area (TPSA) is 67.9 Å². The number of carbonyl (C=O) groups excluding carboxylic acids is 2. The molecule has 1 N–H and O–H groups in total.